The SMILES string of the molecule is Cc1ccc(CN2C[C@@H]3COC[C@H](C(=O)Nc4cccnc4)[C@@H]3C2)o1.O=C(O)C(F)(F)F.O=C(O)C(F)(F)F. The highest BCUT2D eigenvalue weighted by Gasteiger charge is 2.44. The predicted octanol–water partition coefficient (Wildman–Crippen LogP) is 3.58. The molecule has 0 saturated carbocycles. The monoisotopic (exact) mass is 569 g/mol. The average Bonchev–Trinajstić information content (AvgIpc) is 3.44. The lowest BCUT2D eigenvalue weighted by atomic mass is 9.82. The van der Waals surface area contributed by atoms with E-state index in [0.717, 1.165) is 43.4 Å². The molecule has 39 heavy (non-hydrogen) atoms. The van der Waals surface area contributed by atoms with Crippen LogP contribution < -0.4 is 5.32 Å². The van der Waals surface area contributed by atoms with Gasteiger partial charge in [0.15, 0.2) is 0 Å². The van der Waals surface area contributed by atoms with Crippen LogP contribution in [0.2, 0.25) is 0 Å². The predicted molar refractivity (Wildman–Crippen MR) is 120 cm³/mol. The third kappa shape index (κ3) is 10.2. The second-order valence-electron chi connectivity index (χ2n) is 8.61. The van der Waals surface area contributed by atoms with Gasteiger partial charge in [0.2, 0.25) is 5.91 Å². The molecule has 16 heteroatoms. The van der Waals surface area contributed by atoms with Crippen LogP contribution in [0.3, 0.4) is 0 Å². The van der Waals surface area contributed by atoms with Gasteiger partial charge in [-0.2, -0.15) is 26.3 Å². The van der Waals surface area contributed by atoms with E-state index in [9.17, 15) is 31.1 Å². The quantitative estimate of drug-likeness (QED) is 0.471. The number of pyridine rings is 1. The Morgan fingerprint density at radius 1 is 1.03 bits per heavy atom. The van der Waals surface area contributed by atoms with Crippen molar-refractivity contribution < 1.29 is 60.1 Å². The molecule has 2 aromatic heterocycles. The van der Waals surface area contributed by atoms with Crippen molar-refractivity contribution >= 4 is 23.5 Å². The fraction of sp³-hybridized carbons (Fsp3) is 0.478. The number of nitrogens with zero attached hydrogens (tertiary/aromatic N) is 2. The standard InChI is InChI=1S/C19H23N3O3.2C2HF3O2/c1-13-4-5-16(25-13)9-22-8-14-11-24-12-18(17(14)10-22)19(23)21-15-3-2-6-20-7-15;2*3-2(4,5)1(6)7/h2-7,14,17-18H,8-12H2,1H3,(H,21,23);2*(H,6,7)/t14-,17-,18+;;/m1../s1. The van der Waals surface area contributed by atoms with Gasteiger partial charge in [-0.1, -0.05) is 0 Å². The van der Waals surface area contributed by atoms with E-state index in [-0.39, 0.29) is 11.8 Å². The van der Waals surface area contributed by atoms with Crippen LogP contribution in [0.25, 0.3) is 0 Å². The fourth-order valence-electron chi connectivity index (χ4n) is 3.95. The normalized spacial score (nSPS) is 20.9. The Kier molecular flexibility index (Phi) is 10.9. The number of aromatic nitrogens is 1. The van der Waals surface area contributed by atoms with Crippen molar-refractivity contribution in [2.75, 3.05) is 31.6 Å². The molecule has 0 unspecified atom stereocenters. The van der Waals surface area contributed by atoms with Crippen LogP contribution in [-0.4, -0.2) is 76.6 Å². The van der Waals surface area contributed by atoms with Crippen LogP contribution in [-0.2, 0) is 25.7 Å². The molecule has 0 radical (unpaired) electrons. The number of alkyl halides is 6. The van der Waals surface area contributed by atoms with Crippen molar-refractivity contribution in [3.8, 4) is 0 Å². The Bertz CT molecular complexity index is 1080. The lowest BCUT2D eigenvalue weighted by Crippen LogP contribution is -2.41. The molecule has 0 aromatic carbocycles. The maximum absolute atomic E-state index is 12.7. The zero-order chi connectivity index (χ0) is 29.4. The number of carbonyl (C=O) groups is 3. The van der Waals surface area contributed by atoms with Gasteiger partial charge in [-0.25, -0.2) is 9.59 Å². The van der Waals surface area contributed by atoms with Gasteiger partial charge in [-0.15, -0.1) is 0 Å². The smallest absolute Gasteiger partial charge is 0.475 e. The minimum atomic E-state index is -5.08. The second-order valence-corrected chi connectivity index (χ2v) is 8.61. The number of likely N-dealkylation sites (tertiary alicyclic amines) is 1. The van der Waals surface area contributed by atoms with E-state index in [1.165, 1.54) is 0 Å². The highest BCUT2D eigenvalue weighted by Crippen LogP contribution is 2.35. The summed E-state index contributed by atoms with van der Waals surface area (Å²) in [6.07, 6.45) is -6.81. The molecule has 2 aliphatic rings. The molecule has 4 rings (SSSR count). The zero-order valence-corrected chi connectivity index (χ0v) is 20.3. The van der Waals surface area contributed by atoms with E-state index < -0.39 is 24.3 Å². The van der Waals surface area contributed by atoms with Crippen molar-refractivity contribution in [3.63, 3.8) is 0 Å². The van der Waals surface area contributed by atoms with E-state index >= 15 is 0 Å². The molecule has 2 aliphatic heterocycles. The summed E-state index contributed by atoms with van der Waals surface area (Å²) in [5.74, 6) is -2.98. The number of rotatable bonds is 4. The molecule has 3 N–H and O–H groups in total. The average molecular weight is 569 g/mol. The van der Waals surface area contributed by atoms with Crippen molar-refractivity contribution in [1.29, 1.82) is 0 Å². The number of aliphatic carboxylic acids is 2. The van der Waals surface area contributed by atoms with Gasteiger partial charge in [0.25, 0.3) is 0 Å². The van der Waals surface area contributed by atoms with Crippen molar-refractivity contribution in [3.05, 3.63) is 48.2 Å². The number of halogens is 6. The number of nitrogens with one attached hydrogen (secondary N) is 1. The molecule has 1 amide bonds. The summed E-state index contributed by atoms with van der Waals surface area (Å²) in [5.41, 5.74) is 0.732. The molecule has 216 valence electrons. The summed E-state index contributed by atoms with van der Waals surface area (Å²) in [4.78, 5) is 36.9. The van der Waals surface area contributed by atoms with Crippen molar-refractivity contribution in [1.82, 2.24) is 9.88 Å². The first-order chi connectivity index (χ1) is 18.1. The number of furan rings is 1. The van der Waals surface area contributed by atoms with Crippen molar-refractivity contribution in [2.45, 2.75) is 25.8 Å². The Labute approximate surface area is 217 Å². The number of carboxylic acid groups (broad SMARTS) is 2. The van der Waals surface area contributed by atoms with Gasteiger partial charge in [0, 0.05) is 19.3 Å². The van der Waals surface area contributed by atoms with Crippen molar-refractivity contribution in [2.24, 2.45) is 17.8 Å². The van der Waals surface area contributed by atoms with E-state index in [0.29, 0.717) is 18.4 Å². The largest absolute Gasteiger partial charge is 0.490 e. The number of ether oxygens (including phenoxy) is 1. The third-order valence-electron chi connectivity index (χ3n) is 5.64. The van der Waals surface area contributed by atoms with Gasteiger partial charge >= 0.3 is 24.3 Å². The molecule has 4 heterocycles. The molecule has 2 aromatic rings. The molecule has 2 fully saturated rings. The van der Waals surface area contributed by atoms with Gasteiger partial charge in [-0.3, -0.25) is 14.7 Å². The Balaban J connectivity index is 0.000000317. The molecule has 10 nitrogen and oxygen atoms in total. The van der Waals surface area contributed by atoms with E-state index in [1.54, 1.807) is 12.4 Å². The number of carboxylic acids is 2. The van der Waals surface area contributed by atoms with E-state index in [2.05, 4.69) is 15.2 Å². The highest BCUT2D eigenvalue weighted by atomic mass is 19.4. The Hall–Kier alpha value is -3.66. The van der Waals surface area contributed by atoms with Gasteiger partial charge in [0.1, 0.15) is 11.5 Å². The van der Waals surface area contributed by atoms with Crippen LogP contribution in [0.5, 0.6) is 0 Å². The first-order valence-electron chi connectivity index (χ1n) is 11.2. The summed E-state index contributed by atoms with van der Waals surface area (Å²) in [6, 6.07) is 7.69. The summed E-state index contributed by atoms with van der Waals surface area (Å²) >= 11 is 0. The van der Waals surface area contributed by atoms with E-state index in [1.807, 2.05) is 31.2 Å². The number of fused-ring (bicyclic) bond motifs is 1. The number of aryl methyl sites for hydroxylation is 1. The molecule has 2 saturated heterocycles. The number of amides is 1. The molecule has 0 spiro atoms. The zero-order valence-electron chi connectivity index (χ0n) is 20.3. The molecular weight excluding hydrogens is 544 g/mol. The third-order valence-corrected chi connectivity index (χ3v) is 5.64. The topological polar surface area (TPSA) is 142 Å². The van der Waals surface area contributed by atoms with Crippen LogP contribution in [0, 0.1) is 24.7 Å². The lowest BCUT2D eigenvalue weighted by molar-refractivity contribution is -0.193. The van der Waals surface area contributed by atoms with Gasteiger partial charge in [0.05, 0.1) is 37.6 Å². The number of carbonyl (C=O) groups excluding carboxylic acids is 1. The van der Waals surface area contributed by atoms with Gasteiger partial charge in [-0.05, 0) is 43.0 Å². The second kappa shape index (κ2) is 13.4. The molecule has 0 bridgehead atoms. The minimum Gasteiger partial charge on any atom is -0.475 e. The summed E-state index contributed by atoms with van der Waals surface area (Å²) < 4.78 is 74.9. The molecule has 3 atom stereocenters. The maximum Gasteiger partial charge on any atom is 0.490 e. The van der Waals surface area contributed by atoms with Crippen LogP contribution in [0.4, 0.5) is 32.0 Å². The minimum absolute atomic E-state index is 0.0263. The van der Waals surface area contributed by atoms with Crippen LogP contribution in [0.1, 0.15) is 11.5 Å². The number of hydrogen-bond donors (Lipinski definition) is 3. The Morgan fingerprint density at radius 3 is 2.13 bits per heavy atom. The summed E-state index contributed by atoms with van der Waals surface area (Å²) in [6.45, 7) is 5.81. The lowest BCUT2D eigenvalue weighted by Gasteiger charge is -2.32. The number of anilines is 1. The van der Waals surface area contributed by atoms with Crippen LogP contribution in [0.15, 0.2) is 41.1 Å². The van der Waals surface area contributed by atoms with Crippen LogP contribution >= 0.6 is 0 Å². The van der Waals surface area contributed by atoms with E-state index in [4.69, 9.17) is 29.0 Å². The summed E-state index contributed by atoms with van der Waals surface area (Å²) in [5, 5.41) is 17.2. The molecular formula is C23H25F6N3O7. The van der Waals surface area contributed by atoms with Gasteiger partial charge < -0.3 is 24.7 Å². The maximum atomic E-state index is 12.7. The fourth-order valence-corrected chi connectivity index (χ4v) is 3.95. The molecule has 0 aliphatic carbocycles. The Morgan fingerprint density at radius 2 is 1.64 bits per heavy atom. The number of hydrogen-bond acceptors (Lipinski definition) is 7. The summed E-state index contributed by atoms with van der Waals surface area (Å²) in [7, 11) is 0. The first kappa shape index (κ1) is 31.6. The highest BCUT2D eigenvalue weighted by molar-refractivity contribution is 5.92. The first-order valence-corrected chi connectivity index (χ1v) is 11.2.